The standard InChI is InChI=1S/C35H29Cl2N3O6S2/c1-2-45-24-12-16(8-11-23(24)46-15-25(41)38-17-9-10-21(36)22(37)13-17)26-27-19-14-20(30(27)47-32-31(26)48-35(44)39-32)29-28(19)33(42)40(34(29)43)18-6-4-3-5-7-18/h3-13,19-20,26-30H,2,14-15H2,1H3,(H,38,41)(H,39,44)/t19?,20?,26-,27?,28?,29?,30?/m1/s1. The highest BCUT2D eigenvalue weighted by molar-refractivity contribution is 8.00. The first-order chi connectivity index (χ1) is 23.2. The molecule has 2 bridgehead atoms. The van der Waals surface area contributed by atoms with Gasteiger partial charge in [-0.3, -0.25) is 24.1 Å². The average Bonchev–Trinajstić information content (AvgIpc) is 3.81. The van der Waals surface area contributed by atoms with Crippen molar-refractivity contribution in [1.29, 1.82) is 0 Å². The maximum atomic E-state index is 14.0. The topological polar surface area (TPSA) is 118 Å². The third kappa shape index (κ3) is 5.14. The molecule has 0 spiro atoms. The molecule has 1 aromatic heterocycles. The molecule has 7 atom stereocenters. The van der Waals surface area contributed by atoms with E-state index in [0.29, 0.717) is 39.5 Å². The summed E-state index contributed by atoms with van der Waals surface area (Å²) in [7, 11) is 0. The fraction of sp³-hybridized carbons (Fsp3) is 0.314. The van der Waals surface area contributed by atoms with Crippen LogP contribution in [0.25, 0.3) is 0 Å². The van der Waals surface area contributed by atoms with Gasteiger partial charge in [0.05, 0.1) is 39.2 Å². The first-order valence-electron chi connectivity index (χ1n) is 15.7. The van der Waals surface area contributed by atoms with Gasteiger partial charge >= 0.3 is 4.87 Å². The number of amides is 3. The van der Waals surface area contributed by atoms with Crippen molar-refractivity contribution >= 4 is 75.4 Å². The Balaban J connectivity index is 1.09. The van der Waals surface area contributed by atoms with E-state index < -0.39 is 5.92 Å². The maximum absolute atomic E-state index is 14.0. The van der Waals surface area contributed by atoms with E-state index in [2.05, 4.69) is 10.3 Å². The molecule has 2 aliphatic carbocycles. The van der Waals surface area contributed by atoms with Crippen LogP contribution >= 0.6 is 46.3 Å². The quantitative estimate of drug-likeness (QED) is 0.192. The van der Waals surface area contributed by atoms with Crippen LogP contribution in [0.4, 0.5) is 11.4 Å². The van der Waals surface area contributed by atoms with Crippen LogP contribution < -0.4 is 24.6 Å². The van der Waals surface area contributed by atoms with E-state index in [1.54, 1.807) is 48.2 Å². The monoisotopic (exact) mass is 721 g/mol. The molecule has 246 valence electrons. The van der Waals surface area contributed by atoms with Gasteiger partial charge in [0.1, 0.15) is 0 Å². The number of anilines is 2. The number of aromatic nitrogens is 1. The van der Waals surface area contributed by atoms with Crippen LogP contribution in [-0.2, 0) is 14.4 Å². The number of benzene rings is 3. The van der Waals surface area contributed by atoms with Crippen LogP contribution in [-0.4, -0.2) is 41.2 Å². The largest absolute Gasteiger partial charge is 0.490 e. The number of thiazole rings is 1. The number of nitrogens with zero attached hydrogens (tertiary/aromatic N) is 1. The molecule has 4 aromatic rings. The predicted octanol–water partition coefficient (Wildman–Crippen LogP) is 6.84. The Morgan fingerprint density at radius 3 is 2.46 bits per heavy atom. The molecule has 13 heteroatoms. The van der Waals surface area contributed by atoms with E-state index in [0.717, 1.165) is 21.9 Å². The predicted molar refractivity (Wildman–Crippen MR) is 186 cm³/mol. The molecule has 3 aromatic carbocycles. The van der Waals surface area contributed by atoms with Gasteiger partial charge in [0.15, 0.2) is 18.1 Å². The highest BCUT2D eigenvalue weighted by atomic mass is 35.5. The summed E-state index contributed by atoms with van der Waals surface area (Å²) in [6.07, 6.45) is 0.793. The number of halogens is 2. The zero-order chi connectivity index (χ0) is 33.3. The van der Waals surface area contributed by atoms with Crippen LogP contribution in [0.5, 0.6) is 11.5 Å². The molecule has 2 saturated carbocycles. The van der Waals surface area contributed by atoms with Gasteiger partial charge < -0.3 is 19.8 Å². The maximum Gasteiger partial charge on any atom is 0.305 e. The molecule has 48 heavy (non-hydrogen) atoms. The molecule has 4 aliphatic rings. The highest BCUT2D eigenvalue weighted by Crippen LogP contribution is 2.68. The molecule has 2 N–H and O–H groups in total. The molecule has 0 radical (unpaired) electrons. The molecule has 1 saturated heterocycles. The van der Waals surface area contributed by atoms with Gasteiger partial charge in [-0.1, -0.05) is 58.8 Å². The van der Waals surface area contributed by atoms with Crippen molar-refractivity contribution in [3.8, 4) is 11.5 Å². The summed E-state index contributed by atoms with van der Waals surface area (Å²) in [4.78, 5) is 58.5. The van der Waals surface area contributed by atoms with Crippen molar-refractivity contribution < 1.29 is 23.9 Å². The fourth-order valence-electron chi connectivity index (χ4n) is 8.24. The zero-order valence-corrected chi connectivity index (χ0v) is 28.6. The number of aromatic amines is 1. The number of para-hydroxylation sites is 1. The minimum Gasteiger partial charge on any atom is -0.490 e. The molecular weight excluding hydrogens is 693 g/mol. The van der Waals surface area contributed by atoms with E-state index in [4.69, 9.17) is 32.7 Å². The number of fused-ring (bicyclic) bond motifs is 9. The molecule has 3 fully saturated rings. The second kappa shape index (κ2) is 12.3. The average molecular weight is 723 g/mol. The van der Waals surface area contributed by atoms with Crippen LogP contribution in [0.2, 0.25) is 10.0 Å². The summed E-state index contributed by atoms with van der Waals surface area (Å²) in [5.74, 6) is -0.679. The van der Waals surface area contributed by atoms with E-state index in [1.807, 2.05) is 37.3 Å². The summed E-state index contributed by atoms with van der Waals surface area (Å²) in [5, 5.41) is 4.35. The lowest BCUT2D eigenvalue weighted by Gasteiger charge is -2.43. The summed E-state index contributed by atoms with van der Waals surface area (Å²) >= 11 is 14.9. The summed E-state index contributed by atoms with van der Waals surface area (Å²) in [6.45, 7) is 1.97. The number of carbonyl (C=O) groups excluding carboxylic acids is 3. The van der Waals surface area contributed by atoms with Crippen molar-refractivity contribution in [3.05, 3.63) is 96.9 Å². The summed E-state index contributed by atoms with van der Waals surface area (Å²) < 4.78 is 11.9. The highest BCUT2D eigenvalue weighted by Gasteiger charge is 2.69. The number of carbonyl (C=O) groups is 3. The lowest BCUT2D eigenvalue weighted by molar-refractivity contribution is -0.123. The lowest BCUT2D eigenvalue weighted by Crippen LogP contribution is -2.42. The Bertz CT molecular complexity index is 2020. The minimum atomic E-state index is -0.396. The van der Waals surface area contributed by atoms with E-state index >= 15 is 0 Å². The Hall–Kier alpha value is -3.77. The van der Waals surface area contributed by atoms with Crippen molar-refractivity contribution in [2.75, 3.05) is 23.4 Å². The van der Waals surface area contributed by atoms with E-state index in [1.165, 1.54) is 16.2 Å². The molecule has 9 nitrogen and oxygen atoms in total. The normalized spacial score (nSPS) is 26.6. The van der Waals surface area contributed by atoms with E-state index in [-0.39, 0.29) is 64.0 Å². The number of nitrogens with one attached hydrogen (secondary N) is 2. The summed E-state index contributed by atoms with van der Waals surface area (Å²) in [6, 6.07) is 19.6. The number of thioether (sulfide) groups is 1. The molecule has 3 amide bonds. The second-order valence-electron chi connectivity index (χ2n) is 12.4. The number of hydrogen-bond acceptors (Lipinski definition) is 8. The smallest absolute Gasteiger partial charge is 0.305 e. The molecule has 6 unspecified atom stereocenters. The number of ether oxygens (including phenoxy) is 2. The zero-order valence-electron chi connectivity index (χ0n) is 25.5. The van der Waals surface area contributed by atoms with Gasteiger partial charge in [-0.05, 0) is 79.1 Å². The van der Waals surface area contributed by atoms with Crippen molar-refractivity contribution in [3.63, 3.8) is 0 Å². The number of hydrogen-bond donors (Lipinski definition) is 2. The summed E-state index contributed by atoms with van der Waals surface area (Å²) in [5.41, 5.74) is 2.03. The molecule has 8 rings (SSSR count). The van der Waals surface area contributed by atoms with Gasteiger partial charge in [0, 0.05) is 21.7 Å². The van der Waals surface area contributed by atoms with Gasteiger partial charge in [0.25, 0.3) is 5.91 Å². The van der Waals surface area contributed by atoms with Gasteiger partial charge in [0.2, 0.25) is 11.8 Å². The van der Waals surface area contributed by atoms with Crippen molar-refractivity contribution in [2.45, 2.75) is 29.5 Å². The lowest BCUT2D eigenvalue weighted by atomic mass is 9.68. The molecular formula is C35H29Cl2N3O6S2. The molecule has 2 aliphatic heterocycles. The Kier molecular flexibility index (Phi) is 8.06. The fourth-order valence-corrected chi connectivity index (χ4v) is 11.4. The Labute approximate surface area is 293 Å². The number of imide groups is 1. The SMILES string of the molecule is CCOc1cc([C@H]2c3sc(=O)[nH]c3SC3C4CC(C5C(=O)N(c6ccccc6)C(=O)C45)C32)ccc1OCC(=O)Nc1ccc(Cl)c(Cl)c1. The Morgan fingerprint density at radius 1 is 0.938 bits per heavy atom. The van der Waals surface area contributed by atoms with Gasteiger partial charge in [-0.15, -0.1) is 11.8 Å². The first kappa shape index (κ1) is 31.5. The third-order valence-corrected chi connectivity index (χ3v) is 13.3. The van der Waals surface area contributed by atoms with Gasteiger partial charge in [-0.2, -0.15) is 0 Å². The Morgan fingerprint density at radius 2 is 1.71 bits per heavy atom. The molecule has 3 heterocycles. The van der Waals surface area contributed by atoms with E-state index in [9.17, 15) is 19.2 Å². The van der Waals surface area contributed by atoms with Crippen molar-refractivity contribution in [1.82, 2.24) is 4.98 Å². The van der Waals surface area contributed by atoms with Crippen LogP contribution in [0.3, 0.4) is 0 Å². The first-order valence-corrected chi connectivity index (χ1v) is 18.2. The number of rotatable bonds is 8. The minimum absolute atomic E-state index is 0.0159. The van der Waals surface area contributed by atoms with Crippen molar-refractivity contribution in [2.24, 2.45) is 29.6 Å². The second-order valence-corrected chi connectivity index (χ2v) is 15.4. The van der Waals surface area contributed by atoms with Crippen LogP contribution in [0.15, 0.2) is 76.6 Å². The van der Waals surface area contributed by atoms with Crippen LogP contribution in [0, 0.1) is 29.6 Å². The number of H-pyrrole nitrogens is 1. The van der Waals surface area contributed by atoms with Gasteiger partial charge in [-0.25, -0.2) is 0 Å². The van der Waals surface area contributed by atoms with Crippen LogP contribution in [0.1, 0.15) is 29.7 Å². The third-order valence-electron chi connectivity index (χ3n) is 9.93.